The van der Waals surface area contributed by atoms with Gasteiger partial charge in [-0.2, -0.15) is 0 Å². The van der Waals surface area contributed by atoms with E-state index in [-0.39, 0.29) is 12.3 Å². The van der Waals surface area contributed by atoms with Crippen molar-refractivity contribution in [3.8, 4) is 11.1 Å². The third-order valence-corrected chi connectivity index (χ3v) is 3.18. The van der Waals surface area contributed by atoms with Crippen LogP contribution in [0.25, 0.3) is 11.1 Å². The number of amides is 1. The maximum atomic E-state index is 11.1. The molecule has 0 heterocycles. The summed E-state index contributed by atoms with van der Waals surface area (Å²) >= 11 is 0. The summed E-state index contributed by atoms with van der Waals surface area (Å²) in [5, 5.41) is 11.5. The van der Waals surface area contributed by atoms with Crippen LogP contribution in [0.2, 0.25) is 0 Å². The number of benzene rings is 2. The first-order valence-electron chi connectivity index (χ1n) is 6.70. The molecule has 21 heavy (non-hydrogen) atoms. The van der Waals surface area contributed by atoms with Crippen molar-refractivity contribution in [2.75, 3.05) is 0 Å². The first-order chi connectivity index (χ1) is 10.1. The van der Waals surface area contributed by atoms with Crippen LogP contribution in [0.4, 0.5) is 0 Å². The van der Waals surface area contributed by atoms with Gasteiger partial charge < -0.3 is 10.4 Å². The van der Waals surface area contributed by atoms with Crippen molar-refractivity contribution < 1.29 is 14.7 Å². The predicted molar refractivity (Wildman–Crippen MR) is 80.8 cm³/mol. The van der Waals surface area contributed by atoms with Gasteiger partial charge in [0.1, 0.15) is 6.04 Å². The van der Waals surface area contributed by atoms with Crippen molar-refractivity contribution in [3.63, 3.8) is 0 Å². The number of carboxylic acid groups (broad SMARTS) is 1. The van der Waals surface area contributed by atoms with Gasteiger partial charge in [-0.1, -0.05) is 54.6 Å². The van der Waals surface area contributed by atoms with Crippen LogP contribution in [-0.2, 0) is 16.0 Å². The van der Waals surface area contributed by atoms with Gasteiger partial charge in [-0.15, -0.1) is 0 Å². The van der Waals surface area contributed by atoms with Gasteiger partial charge in [0.2, 0.25) is 5.91 Å². The largest absolute Gasteiger partial charge is 0.480 e. The van der Waals surface area contributed by atoms with Crippen LogP contribution >= 0.6 is 0 Å². The lowest BCUT2D eigenvalue weighted by molar-refractivity contribution is -0.141. The molecular formula is C17H17NO3. The number of carbonyl (C=O) groups is 2. The average molecular weight is 283 g/mol. The van der Waals surface area contributed by atoms with E-state index in [2.05, 4.69) is 5.32 Å². The molecule has 2 aromatic rings. The Labute approximate surface area is 123 Å². The van der Waals surface area contributed by atoms with Crippen molar-refractivity contribution in [3.05, 3.63) is 60.2 Å². The molecule has 0 aliphatic heterocycles. The summed E-state index contributed by atoms with van der Waals surface area (Å²) in [7, 11) is 0. The van der Waals surface area contributed by atoms with Gasteiger partial charge in [-0.25, -0.2) is 4.79 Å². The van der Waals surface area contributed by atoms with E-state index in [0.717, 1.165) is 16.7 Å². The van der Waals surface area contributed by atoms with Gasteiger partial charge in [0.05, 0.1) is 0 Å². The molecule has 0 saturated heterocycles. The molecule has 2 N–H and O–H groups in total. The van der Waals surface area contributed by atoms with Gasteiger partial charge in [0.25, 0.3) is 0 Å². The fourth-order valence-corrected chi connectivity index (χ4v) is 2.15. The molecule has 0 saturated carbocycles. The van der Waals surface area contributed by atoms with Crippen LogP contribution in [0.1, 0.15) is 12.5 Å². The Kier molecular flexibility index (Phi) is 4.72. The maximum Gasteiger partial charge on any atom is 0.326 e. The minimum Gasteiger partial charge on any atom is -0.480 e. The van der Waals surface area contributed by atoms with Crippen molar-refractivity contribution in [1.29, 1.82) is 0 Å². The average Bonchev–Trinajstić information content (AvgIpc) is 2.48. The van der Waals surface area contributed by atoms with Gasteiger partial charge >= 0.3 is 5.97 Å². The Bertz CT molecular complexity index is 620. The molecule has 1 amide bonds. The van der Waals surface area contributed by atoms with Crippen LogP contribution < -0.4 is 5.32 Å². The molecule has 2 aromatic carbocycles. The third kappa shape index (κ3) is 4.18. The molecule has 0 fully saturated rings. The van der Waals surface area contributed by atoms with Gasteiger partial charge in [-0.3, -0.25) is 4.79 Å². The number of carboxylic acids is 1. The lowest BCUT2D eigenvalue weighted by Gasteiger charge is -2.13. The smallest absolute Gasteiger partial charge is 0.326 e. The lowest BCUT2D eigenvalue weighted by Crippen LogP contribution is -2.41. The molecule has 1 atom stereocenters. The standard InChI is InChI=1S/C17H17NO3/c1-12(19)18-16(17(20)21)11-13-7-9-15(10-8-13)14-5-3-2-4-6-14/h2-10,16H,11H2,1H3,(H,18,19)(H,20,21)/t16-/m1/s1. The van der Waals surface area contributed by atoms with Crippen LogP contribution in [0.3, 0.4) is 0 Å². The highest BCUT2D eigenvalue weighted by molar-refractivity contribution is 5.82. The Morgan fingerprint density at radius 3 is 2.10 bits per heavy atom. The summed E-state index contributed by atoms with van der Waals surface area (Å²) in [6, 6.07) is 16.7. The number of aliphatic carboxylic acids is 1. The van der Waals surface area contributed by atoms with E-state index < -0.39 is 12.0 Å². The van der Waals surface area contributed by atoms with Crippen molar-refractivity contribution in [2.24, 2.45) is 0 Å². The highest BCUT2D eigenvalue weighted by atomic mass is 16.4. The van der Waals surface area contributed by atoms with Crippen molar-refractivity contribution in [2.45, 2.75) is 19.4 Å². The van der Waals surface area contributed by atoms with E-state index >= 15 is 0 Å². The first-order valence-corrected chi connectivity index (χ1v) is 6.70. The second kappa shape index (κ2) is 6.70. The summed E-state index contributed by atoms with van der Waals surface area (Å²) in [5.74, 6) is -1.37. The molecule has 0 aliphatic rings. The van der Waals surface area contributed by atoms with E-state index in [0.29, 0.717) is 0 Å². The number of hydrogen-bond donors (Lipinski definition) is 2. The summed E-state index contributed by atoms with van der Waals surface area (Å²) in [4.78, 5) is 22.1. The molecule has 2 rings (SSSR count). The predicted octanol–water partition coefficient (Wildman–Crippen LogP) is 2.49. The van der Waals surface area contributed by atoms with E-state index in [1.807, 2.05) is 54.6 Å². The summed E-state index contributed by atoms with van der Waals surface area (Å²) < 4.78 is 0. The molecule has 4 nitrogen and oxygen atoms in total. The fraction of sp³-hybridized carbons (Fsp3) is 0.176. The van der Waals surface area contributed by atoms with Crippen molar-refractivity contribution in [1.82, 2.24) is 5.32 Å². The number of nitrogens with one attached hydrogen (secondary N) is 1. The molecule has 0 unspecified atom stereocenters. The zero-order valence-electron chi connectivity index (χ0n) is 11.7. The van der Waals surface area contributed by atoms with Crippen LogP contribution in [0.5, 0.6) is 0 Å². The minimum absolute atomic E-state index is 0.268. The van der Waals surface area contributed by atoms with Crippen LogP contribution in [-0.4, -0.2) is 23.0 Å². The molecule has 4 heteroatoms. The van der Waals surface area contributed by atoms with Crippen molar-refractivity contribution >= 4 is 11.9 Å². The molecule has 0 aromatic heterocycles. The van der Waals surface area contributed by atoms with E-state index in [1.165, 1.54) is 6.92 Å². The molecule has 0 spiro atoms. The fourth-order valence-electron chi connectivity index (χ4n) is 2.15. The second-order valence-electron chi connectivity index (χ2n) is 4.86. The quantitative estimate of drug-likeness (QED) is 0.886. The highest BCUT2D eigenvalue weighted by Crippen LogP contribution is 2.19. The molecular weight excluding hydrogens is 266 g/mol. The van der Waals surface area contributed by atoms with Gasteiger partial charge in [0.15, 0.2) is 0 Å². The molecule has 0 bridgehead atoms. The summed E-state index contributed by atoms with van der Waals surface area (Å²) in [5.41, 5.74) is 3.06. The Balaban J connectivity index is 2.11. The highest BCUT2D eigenvalue weighted by Gasteiger charge is 2.18. The third-order valence-electron chi connectivity index (χ3n) is 3.18. The number of carbonyl (C=O) groups excluding carboxylic acids is 1. The van der Waals surface area contributed by atoms with Gasteiger partial charge in [0, 0.05) is 13.3 Å². The van der Waals surface area contributed by atoms with E-state index in [1.54, 1.807) is 0 Å². The Morgan fingerprint density at radius 2 is 1.57 bits per heavy atom. The minimum atomic E-state index is -1.03. The normalized spacial score (nSPS) is 11.7. The van der Waals surface area contributed by atoms with E-state index in [9.17, 15) is 9.59 Å². The zero-order valence-corrected chi connectivity index (χ0v) is 11.7. The van der Waals surface area contributed by atoms with Gasteiger partial charge in [-0.05, 0) is 16.7 Å². The molecule has 108 valence electrons. The Morgan fingerprint density at radius 1 is 1.00 bits per heavy atom. The zero-order chi connectivity index (χ0) is 15.2. The molecule has 0 aliphatic carbocycles. The topological polar surface area (TPSA) is 66.4 Å². The summed E-state index contributed by atoms with van der Waals surface area (Å²) in [6.45, 7) is 1.31. The number of hydrogen-bond acceptors (Lipinski definition) is 2. The van der Waals surface area contributed by atoms with E-state index in [4.69, 9.17) is 5.11 Å². The Hall–Kier alpha value is -2.62. The SMILES string of the molecule is CC(=O)N[C@H](Cc1ccc(-c2ccccc2)cc1)C(=O)O. The lowest BCUT2D eigenvalue weighted by atomic mass is 10.0. The number of rotatable bonds is 5. The maximum absolute atomic E-state index is 11.1. The molecule has 0 radical (unpaired) electrons. The summed E-state index contributed by atoms with van der Waals surface area (Å²) in [6.07, 6.45) is 0.268. The van der Waals surface area contributed by atoms with Crippen LogP contribution in [0.15, 0.2) is 54.6 Å². The monoisotopic (exact) mass is 283 g/mol. The van der Waals surface area contributed by atoms with Crippen LogP contribution in [0, 0.1) is 0 Å². The second-order valence-corrected chi connectivity index (χ2v) is 4.86. The first kappa shape index (κ1) is 14.8.